The first-order valence-corrected chi connectivity index (χ1v) is 21.4. The van der Waals surface area contributed by atoms with E-state index in [4.69, 9.17) is 25.8 Å². The number of ether oxygens (including phenoxy) is 3. The molecule has 10 nitrogen and oxygen atoms in total. The van der Waals surface area contributed by atoms with E-state index in [0.29, 0.717) is 56.1 Å². The first-order chi connectivity index (χ1) is 27.9. The normalized spacial score (nSPS) is 25.4. The summed E-state index contributed by atoms with van der Waals surface area (Å²) >= 11 is 6.33. The molecule has 308 valence electrons. The Morgan fingerprint density at radius 2 is 1.88 bits per heavy atom. The van der Waals surface area contributed by atoms with Crippen molar-refractivity contribution in [1.29, 1.82) is 0 Å². The van der Waals surface area contributed by atoms with Gasteiger partial charge in [0.25, 0.3) is 0 Å². The van der Waals surface area contributed by atoms with Crippen LogP contribution in [0.2, 0.25) is 5.02 Å². The van der Waals surface area contributed by atoms with Crippen LogP contribution in [0.25, 0.3) is 0 Å². The zero-order valence-corrected chi connectivity index (χ0v) is 35.0. The average molecular weight is 809 g/mol. The standard InChI is InChI=1S/C47H57ClN4O6/c1-30(27-56-40-13-18-49-39-10-5-7-31(2)44(39)40)19-35-20-34-21-41-42(58-29-33(28-57-41)25-51(3)24-32-11-12-43(53)52(4)26-32)23-38(34)46(35)14-16-47(17-15-46,45(54)55)50-37-9-6-8-36(48)22-37/h6,8-9,11-13,18,21-23,26,30-31,33,35,50H,5,7,10,14-17,19-20,24-25,27-29H2,1-4H3,(H,54,55)/t30-,31-,33?,35+,46?,47?/m1/s1. The monoisotopic (exact) mass is 808 g/mol. The topological polar surface area (TPSA) is 115 Å². The number of hydrogen-bond donors (Lipinski definition) is 2. The fourth-order valence-corrected chi connectivity index (χ4v) is 10.7. The molecule has 1 unspecified atom stereocenters. The van der Waals surface area contributed by atoms with Crippen molar-refractivity contribution in [2.45, 2.75) is 95.1 Å². The van der Waals surface area contributed by atoms with Crippen molar-refractivity contribution in [3.63, 3.8) is 0 Å². The van der Waals surface area contributed by atoms with E-state index in [1.807, 2.05) is 36.7 Å². The van der Waals surface area contributed by atoms with Crippen LogP contribution in [0, 0.1) is 17.8 Å². The molecule has 1 fully saturated rings. The number of nitrogens with one attached hydrogen (secondary N) is 1. The van der Waals surface area contributed by atoms with Gasteiger partial charge in [0.05, 0.1) is 19.8 Å². The number of carboxylic acids is 1. The summed E-state index contributed by atoms with van der Waals surface area (Å²) in [5.41, 5.74) is 5.45. The Kier molecular flexibility index (Phi) is 11.5. The van der Waals surface area contributed by atoms with Crippen LogP contribution in [0.15, 0.2) is 71.8 Å². The van der Waals surface area contributed by atoms with Gasteiger partial charge in [-0.1, -0.05) is 37.6 Å². The van der Waals surface area contributed by atoms with Gasteiger partial charge in [-0.2, -0.15) is 0 Å². The van der Waals surface area contributed by atoms with Crippen molar-refractivity contribution in [2.75, 3.05) is 38.7 Å². The molecule has 2 N–H and O–H groups in total. The molecule has 3 aliphatic carbocycles. The second kappa shape index (κ2) is 16.6. The number of aliphatic carboxylic acids is 1. The molecular weight excluding hydrogens is 752 g/mol. The minimum Gasteiger partial charge on any atom is -0.493 e. The molecule has 1 saturated carbocycles. The minimum absolute atomic E-state index is 0.0180. The number of benzene rings is 2. The molecule has 11 heteroatoms. The van der Waals surface area contributed by atoms with Gasteiger partial charge >= 0.3 is 5.97 Å². The Balaban J connectivity index is 1.02. The Morgan fingerprint density at radius 1 is 1.10 bits per heavy atom. The number of nitrogens with zero attached hydrogens (tertiary/aromatic N) is 3. The average Bonchev–Trinajstić information content (AvgIpc) is 3.32. The van der Waals surface area contributed by atoms with Crippen LogP contribution in [0.1, 0.15) is 92.7 Å². The fraction of sp³-hybridized carbons (Fsp3) is 0.511. The third-order valence-corrected chi connectivity index (χ3v) is 13.7. The maximum atomic E-state index is 13.1. The van der Waals surface area contributed by atoms with Crippen LogP contribution >= 0.6 is 11.6 Å². The van der Waals surface area contributed by atoms with E-state index >= 15 is 0 Å². The van der Waals surface area contributed by atoms with E-state index in [1.54, 1.807) is 29.8 Å². The van der Waals surface area contributed by atoms with Crippen LogP contribution < -0.4 is 25.1 Å². The third kappa shape index (κ3) is 8.19. The maximum Gasteiger partial charge on any atom is 0.329 e. The van der Waals surface area contributed by atoms with Gasteiger partial charge in [-0.05, 0) is 141 Å². The number of carboxylic acid groups (broad SMARTS) is 1. The smallest absolute Gasteiger partial charge is 0.329 e. The number of aryl methyl sites for hydroxylation is 2. The molecule has 2 aromatic carbocycles. The van der Waals surface area contributed by atoms with Gasteiger partial charge in [-0.15, -0.1) is 0 Å². The Hall–Kier alpha value is -4.54. The van der Waals surface area contributed by atoms with Gasteiger partial charge in [0.1, 0.15) is 11.3 Å². The van der Waals surface area contributed by atoms with Gasteiger partial charge in [0, 0.05) is 66.5 Å². The third-order valence-electron chi connectivity index (χ3n) is 13.5. The number of aromatic nitrogens is 2. The van der Waals surface area contributed by atoms with Gasteiger partial charge in [-0.25, -0.2) is 4.79 Å². The second-order valence-corrected chi connectivity index (χ2v) is 18.3. The van der Waals surface area contributed by atoms with Crippen LogP contribution in [-0.2, 0) is 36.6 Å². The van der Waals surface area contributed by atoms with E-state index < -0.39 is 11.5 Å². The van der Waals surface area contributed by atoms with Crippen molar-refractivity contribution in [2.24, 2.45) is 24.8 Å². The SMILES string of the molecule is C[C@@H](COc1ccnc2c1[C@H](C)CCC2)C[C@H]1Cc2cc3c(cc2C12CCC(Nc1cccc(Cl)c1)(C(=O)O)CC2)OCC(CN(C)Cc1ccc(=O)n(C)c1)CO3. The molecule has 0 amide bonds. The summed E-state index contributed by atoms with van der Waals surface area (Å²) in [7, 11) is 3.86. The number of fused-ring (bicyclic) bond motifs is 4. The zero-order chi connectivity index (χ0) is 40.6. The van der Waals surface area contributed by atoms with Crippen molar-refractivity contribution in [1.82, 2.24) is 14.5 Å². The summed E-state index contributed by atoms with van der Waals surface area (Å²) in [4.78, 5) is 31.9. The van der Waals surface area contributed by atoms with Gasteiger partial charge < -0.3 is 34.1 Å². The maximum absolute atomic E-state index is 13.1. The summed E-state index contributed by atoms with van der Waals surface area (Å²) in [6, 6.07) is 17.3. The number of rotatable bonds is 12. The zero-order valence-electron chi connectivity index (χ0n) is 34.3. The molecule has 8 rings (SSSR count). The summed E-state index contributed by atoms with van der Waals surface area (Å²) in [6.45, 7) is 7.74. The summed E-state index contributed by atoms with van der Waals surface area (Å²) in [5.74, 6) is 2.85. The second-order valence-electron chi connectivity index (χ2n) is 17.8. The molecule has 4 aliphatic rings. The van der Waals surface area contributed by atoms with Gasteiger partial charge in [0.15, 0.2) is 11.5 Å². The Labute approximate surface area is 346 Å². The lowest BCUT2D eigenvalue weighted by atomic mass is 9.59. The summed E-state index contributed by atoms with van der Waals surface area (Å²) in [6.07, 6.45) is 11.4. The molecule has 1 spiro atoms. The highest BCUT2D eigenvalue weighted by Gasteiger charge is 2.54. The first-order valence-electron chi connectivity index (χ1n) is 21.1. The van der Waals surface area contributed by atoms with Crippen molar-refractivity contribution in [3.8, 4) is 17.2 Å². The number of pyridine rings is 2. The molecule has 0 saturated heterocycles. The summed E-state index contributed by atoms with van der Waals surface area (Å²) in [5, 5.41) is 14.7. The molecule has 58 heavy (non-hydrogen) atoms. The number of hydrogen-bond acceptors (Lipinski definition) is 8. The lowest BCUT2D eigenvalue weighted by Crippen LogP contribution is -2.53. The quantitative estimate of drug-likeness (QED) is 0.146. The van der Waals surface area contributed by atoms with Crippen molar-refractivity contribution < 1.29 is 24.1 Å². The van der Waals surface area contributed by atoms with E-state index in [9.17, 15) is 14.7 Å². The lowest BCUT2D eigenvalue weighted by molar-refractivity contribution is -0.144. The number of carbonyl (C=O) groups is 1. The molecule has 3 heterocycles. The van der Waals surface area contributed by atoms with Crippen LogP contribution in [0.4, 0.5) is 5.69 Å². The molecule has 1 aliphatic heterocycles. The van der Waals surface area contributed by atoms with Gasteiger partial charge in [0.2, 0.25) is 5.56 Å². The lowest BCUT2D eigenvalue weighted by Gasteiger charge is -2.47. The Bertz CT molecular complexity index is 2200. The predicted molar refractivity (Wildman–Crippen MR) is 227 cm³/mol. The largest absolute Gasteiger partial charge is 0.493 e. The van der Waals surface area contributed by atoms with Crippen molar-refractivity contribution in [3.05, 3.63) is 110 Å². The highest BCUT2D eigenvalue weighted by Crippen LogP contribution is 2.58. The van der Waals surface area contributed by atoms with Crippen molar-refractivity contribution >= 4 is 23.3 Å². The highest BCUT2D eigenvalue weighted by atomic mass is 35.5. The van der Waals surface area contributed by atoms with Crippen LogP contribution in [0.5, 0.6) is 17.2 Å². The predicted octanol–water partition coefficient (Wildman–Crippen LogP) is 8.42. The molecule has 2 aromatic heterocycles. The molecular formula is C47H57ClN4O6. The number of halogens is 1. The number of anilines is 1. The first kappa shape index (κ1) is 40.2. The Morgan fingerprint density at radius 3 is 2.62 bits per heavy atom. The molecule has 0 radical (unpaired) electrons. The van der Waals surface area contributed by atoms with Gasteiger partial charge in [-0.3, -0.25) is 9.78 Å². The fourth-order valence-electron chi connectivity index (χ4n) is 10.5. The minimum atomic E-state index is -1.10. The molecule has 4 aromatic rings. The van der Waals surface area contributed by atoms with E-state index in [0.717, 1.165) is 73.6 Å². The molecule has 4 atom stereocenters. The van der Waals surface area contributed by atoms with Crippen LogP contribution in [-0.4, -0.2) is 64.5 Å². The van der Waals surface area contributed by atoms with E-state index in [1.165, 1.54) is 28.8 Å². The van der Waals surface area contributed by atoms with Crippen LogP contribution in [0.3, 0.4) is 0 Å². The summed E-state index contributed by atoms with van der Waals surface area (Å²) < 4.78 is 21.4. The highest BCUT2D eigenvalue weighted by molar-refractivity contribution is 6.30. The molecule has 0 bridgehead atoms. The van der Waals surface area contributed by atoms with E-state index in [-0.39, 0.29) is 22.8 Å². The van der Waals surface area contributed by atoms with E-state index in [2.05, 4.69) is 48.2 Å².